The normalized spacial score (nSPS) is 10.1. The molecule has 0 saturated carbocycles. The Kier molecular flexibility index (Phi) is 5.79. The minimum Gasteiger partial charge on any atom is -0.410 e. The molecule has 2 N–H and O–H groups in total. The van der Waals surface area contributed by atoms with Crippen LogP contribution in [0.15, 0.2) is 54.6 Å². The predicted molar refractivity (Wildman–Crippen MR) is 84.5 cm³/mol. The van der Waals surface area contributed by atoms with Crippen molar-refractivity contribution in [1.29, 1.82) is 0 Å². The van der Waals surface area contributed by atoms with Crippen molar-refractivity contribution < 1.29 is 9.53 Å². The molecule has 0 aliphatic carbocycles. The largest absolute Gasteiger partial charge is 0.417 e. The summed E-state index contributed by atoms with van der Waals surface area (Å²) in [6, 6.07) is 16.7. The van der Waals surface area contributed by atoms with Crippen LogP contribution in [0.2, 0.25) is 0 Å². The van der Waals surface area contributed by atoms with E-state index >= 15 is 0 Å². The second-order valence-corrected chi connectivity index (χ2v) is 4.70. The Bertz CT molecular complexity index is 570. The van der Waals surface area contributed by atoms with Gasteiger partial charge in [-0.3, -0.25) is 5.32 Å². The van der Waals surface area contributed by atoms with Gasteiger partial charge < -0.3 is 10.1 Å². The van der Waals surface area contributed by atoms with Crippen LogP contribution in [-0.2, 0) is 6.54 Å². The molecule has 21 heavy (non-hydrogen) atoms. The van der Waals surface area contributed by atoms with Crippen molar-refractivity contribution in [2.45, 2.75) is 19.9 Å². The topological polar surface area (TPSA) is 50.4 Å². The van der Waals surface area contributed by atoms with Gasteiger partial charge in [0.25, 0.3) is 0 Å². The lowest BCUT2D eigenvalue weighted by molar-refractivity contribution is 0.215. The number of ether oxygens (including phenoxy) is 1. The van der Waals surface area contributed by atoms with Crippen molar-refractivity contribution in [3.8, 4) is 5.75 Å². The summed E-state index contributed by atoms with van der Waals surface area (Å²) in [4.78, 5) is 11.8. The number of nitrogens with one attached hydrogen (secondary N) is 2. The van der Waals surface area contributed by atoms with Crippen molar-refractivity contribution in [1.82, 2.24) is 5.32 Å². The Labute approximate surface area is 125 Å². The molecular formula is C17H20N2O2. The molecule has 0 aliphatic rings. The number of para-hydroxylation sites is 1. The van der Waals surface area contributed by atoms with E-state index in [2.05, 4.69) is 17.6 Å². The highest BCUT2D eigenvalue weighted by Gasteiger charge is 2.05. The minimum absolute atomic E-state index is 0.486. The molecule has 0 spiro atoms. The average molecular weight is 284 g/mol. The first-order valence-corrected chi connectivity index (χ1v) is 7.11. The first kappa shape index (κ1) is 15.1. The van der Waals surface area contributed by atoms with Crippen molar-refractivity contribution in [3.63, 3.8) is 0 Å². The van der Waals surface area contributed by atoms with Crippen molar-refractivity contribution in [2.24, 2.45) is 0 Å². The second-order valence-electron chi connectivity index (χ2n) is 4.70. The number of hydrogen-bond acceptors (Lipinski definition) is 3. The Balaban J connectivity index is 1.90. The van der Waals surface area contributed by atoms with E-state index in [1.807, 2.05) is 42.5 Å². The van der Waals surface area contributed by atoms with Crippen LogP contribution in [0.25, 0.3) is 0 Å². The van der Waals surface area contributed by atoms with E-state index in [4.69, 9.17) is 4.74 Å². The number of anilines is 1. The van der Waals surface area contributed by atoms with Gasteiger partial charge in [0.05, 0.1) is 0 Å². The monoisotopic (exact) mass is 284 g/mol. The molecule has 0 atom stereocenters. The summed E-state index contributed by atoms with van der Waals surface area (Å²) in [5.74, 6) is 0.524. The zero-order valence-electron chi connectivity index (χ0n) is 12.1. The Morgan fingerprint density at radius 3 is 2.67 bits per heavy atom. The van der Waals surface area contributed by atoms with Gasteiger partial charge in [0.1, 0.15) is 5.75 Å². The van der Waals surface area contributed by atoms with E-state index in [1.165, 1.54) is 0 Å². The molecule has 4 heteroatoms. The van der Waals surface area contributed by atoms with Crippen molar-refractivity contribution in [3.05, 3.63) is 60.2 Å². The van der Waals surface area contributed by atoms with E-state index in [9.17, 15) is 4.79 Å². The van der Waals surface area contributed by atoms with Crippen LogP contribution in [-0.4, -0.2) is 12.6 Å². The molecule has 0 saturated heterocycles. The number of amides is 1. The summed E-state index contributed by atoms with van der Waals surface area (Å²) in [6.07, 6.45) is 0.612. The molecule has 0 bridgehead atoms. The van der Waals surface area contributed by atoms with Crippen LogP contribution < -0.4 is 15.4 Å². The summed E-state index contributed by atoms with van der Waals surface area (Å²) in [7, 11) is 0. The molecule has 2 aromatic carbocycles. The van der Waals surface area contributed by atoms with E-state index in [0.717, 1.165) is 30.8 Å². The lowest BCUT2D eigenvalue weighted by Crippen LogP contribution is -2.17. The van der Waals surface area contributed by atoms with Crippen LogP contribution in [0.3, 0.4) is 0 Å². The molecule has 2 aromatic rings. The third-order valence-corrected chi connectivity index (χ3v) is 2.88. The number of carbonyl (C=O) groups excluding carboxylic acids is 1. The van der Waals surface area contributed by atoms with Gasteiger partial charge in [0.2, 0.25) is 0 Å². The van der Waals surface area contributed by atoms with Gasteiger partial charge in [-0.05, 0) is 42.8 Å². The van der Waals surface area contributed by atoms with Gasteiger partial charge in [-0.1, -0.05) is 37.3 Å². The predicted octanol–water partition coefficient (Wildman–Crippen LogP) is 3.80. The molecule has 0 aromatic heterocycles. The zero-order chi connectivity index (χ0) is 14.9. The van der Waals surface area contributed by atoms with Crippen LogP contribution >= 0.6 is 0 Å². The fourth-order valence-corrected chi connectivity index (χ4v) is 1.91. The minimum atomic E-state index is -0.486. The summed E-state index contributed by atoms with van der Waals surface area (Å²) < 4.78 is 5.19. The zero-order valence-corrected chi connectivity index (χ0v) is 12.1. The molecule has 0 heterocycles. The van der Waals surface area contributed by atoms with Gasteiger partial charge in [-0.2, -0.15) is 0 Å². The summed E-state index contributed by atoms with van der Waals surface area (Å²) in [6.45, 7) is 3.90. The second kappa shape index (κ2) is 8.07. The standard InChI is InChI=1S/C17H20N2O2/c1-2-11-18-13-14-7-6-8-15(12-14)19-17(20)21-16-9-4-3-5-10-16/h3-10,12,18H,2,11,13H2,1H3,(H,19,20). The third kappa shape index (κ3) is 5.28. The molecule has 1 amide bonds. The molecule has 4 nitrogen and oxygen atoms in total. The highest BCUT2D eigenvalue weighted by Crippen LogP contribution is 2.13. The van der Waals surface area contributed by atoms with Crippen LogP contribution in [0.5, 0.6) is 5.75 Å². The number of rotatable bonds is 6. The molecular weight excluding hydrogens is 264 g/mol. The van der Waals surface area contributed by atoms with E-state index in [-0.39, 0.29) is 0 Å². The Morgan fingerprint density at radius 1 is 1.10 bits per heavy atom. The van der Waals surface area contributed by atoms with E-state index in [0.29, 0.717) is 5.75 Å². The molecule has 0 unspecified atom stereocenters. The fourth-order valence-electron chi connectivity index (χ4n) is 1.91. The molecule has 0 aliphatic heterocycles. The van der Waals surface area contributed by atoms with Crippen molar-refractivity contribution in [2.75, 3.05) is 11.9 Å². The Hall–Kier alpha value is -2.33. The fraction of sp³-hybridized carbons (Fsp3) is 0.235. The molecule has 2 rings (SSSR count). The maximum Gasteiger partial charge on any atom is 0.417 e. The first-order chi connectivity index (χ1) is 10.3. The quantitative estimate of drug-likeness (QED) is 0.793. The van der Waals surface area contributed by atoms with Gasteiger partial charge in [0, 0.05) is 12.2 Å². The summed E-state index contributed by atoms with van der Waals surface area (Å²) in [5.41, 5.74) is 1.85. The lowest BCUT2D eigenvalue weighted by atomic mass is 10.2. The first-order valence-electron chi connectivity index (χ1n) is 7.11. The highest BCUT2D eigenvalue weighted by atomic mass is 16.6. The third-order valence-electron chi connectivity index (χ3n) is 2.88. The molecule has 110 valence electrons. The SMILES string of the molecule is CCCNCc1cccc(NC(=O)Oc2ccccc2)c1. The maximum absolute atomic E-state index is 11.8. The number of benzene rings is 2. The number of hydrogen-bond donors (Lipinski definition) is 2. The smallest absolute Gasteiger partial charge is 0.410 e. The van der Waals surface area contributed by atoms with Crippen LogP contribution in [0, 0.1) is 0 Å². The summed E-state index contributed by atoms with van der Waals surface area (Å²) >= 11 is 0. The van der Waals surface area contributed by atoms with Crippen LogP contribution in [0.4, 0.5) is 10.5 Å². The Morgan fingerprint density at radius 2 is 1.90 bits per heavy atom. The maximum atomic E-state index is 11.8. The van der Waals surface area contributed by atoms with Crippen LogP contribution in [0.1, 0.15) is 18.9 Å². The lowest BCUT2D eigenvalue weighted by Gasteiger charge is -2.08. The van der Waals surface area contributed by atoms with Crippen molar-refractivity contribution >= 4 is 11.8 Å². The van der Waals surface area contributed by atoms with E-state index < -0.39 is 6.09 Å². The van der Waals surface area contributed by atoms with Gasteiger partial charge in [-0.25, -0.2) is 4.79 Å². The van der Waals surface area contributed by atoms with Gasteiger partial charge >= 0.3 is 6.09 Å². The highest BCUT2D eigenvalue weighted by molar-refractivity contribution is 5.86. The van der Waals surface area contributed by atoms with Gasteiger partial charge in [0.15, 0.2) is 0 Å². The molecule has 0 fully saturated rings. The van der Waals surface area contributed by atoms with Gasteiger partial charge in [-0.15, -0.1) is 0 Å². The summed E-state index contributed by atoms with van der Waals surface area (Å²) in [5, 5.41) is 6.06. The molecule has 0 radical (unpaired) electrons. The average Bonchev–Trinajstić information content (AvgIpc) is 2.49. The number of carbonyl (C=O) groups is 1. The van der Waals surface area contributed by atoms with E-state index in [1.54, 1.807) is 12.1 Å².